The normalized spacial score (nSPS) is 18.0. The summed E-state index contributed by atoms with van der Waals surface area (Å²) in [5.41, 5.74) is 2.49. The predicted octanol–water partition coefficient (Wildman–Crippen LogP) is 4.34. The summed E-state index contributed by atoms with van der Waals surface area (Å²) < 4.78 is 5.40. The first-order chi connectivity index (χ1) is 13.5. The van der Waals surface area contributed by atoms with Crippen molar-refractivity contribution >= 4 is 34.0 Å². The van der Waals surface area contributed by atoms with E-state index >= 15 is 0 Å². The van der Waals surface area contributed by atoms with Gasteiger partial charge < -0.3 is 4.74 Å². The molecule has 0 radical (unpaired) electrons. The number of methoxy groups -OCH3 is 1. The van der Waals surface area contributed by atoms with Crippen molar-refractivity contribution in [1.29, 1.82) is 0 Å². The summed E-state index contributed by atoms with van der Waals surface area (Å²) in [5.74, 6) is 1.30. The van der Waals surface area contributed by atoms with Gasteiger partial charge in [0.25, 0.3) is 5.91 Å². The summed E-state index contributed by atoms with van der Waals surface area (Å²) in [6.07, 6.45) is 4.19. The maximum absolute atomic E-state index is 13.0. The predicted molar refractivity (Wildman–Crippen MR) is 108 cm³/mol. The van der Waals surface area contributed by atoms with Crippen molar-refractivity contribution in [3.05, 3.63) is 45.9 Å². The molecule has 4 rings (SSSR count). The van der Waals surface area contributed by atoms with Crippen LogP contribution in [0.2, 0.25) is 5.15 Å². The molecule has 1 aliphatic rings. The van der Waals surface area contributed by atoms with Crippen LogP contribution in [-0.4, -0.2) is 33.2 Å². The fourth-order valence-electron chi connectivity index (χ4n) is 3.02. The Bertz CT molecular complexity index is 1050. The van der Waals surface area contributed by atoms with E-state index in [0.717, 1.165) is 17.1 Å². The van der Waals surface area contributed by atoms with E-state index in [1.165, 1.54) is 17.5 Å². The number of hydrogen-bond donors (Lipinski definition) is 1. The topological polar surface area (TPSA) is 89.9 Å². The lowest BCUT2D eigenvalue weighted by molar-refractivity contribution is 0.102. The van der Waals surface area contributed by atoms with Crippen molar-refractivity contribution in [1.82, 2.24) is 20.2 Å². The van der Waals surface area contributed by atoms with Gasteiger partial charge in [-0.15, -0.1) is 10.2 Å². The first-order valence-electron chi connectivity index (χ1n) is 8.77. The number of rotatable bonds is 5. The van der Waals surface area contributed by atoms with Gasteiger partial charge in [0.15, 0.2) is 0 Å². The second kappa shape index (κ2) is 7.44. The Morgan fingerprint density at radius 2 is 2.04 bits per heavy atom. The monoisotopic (exact) mass is 415 g/mol. The maximum atomic E-state index is 13.0. The summed E-state index contributed by atoms with van der Waals surface area (Å²) in [7, 11) is 1.55. The second-order valence-electron chi connectivity index (χ2n) is 6.80. The molecule has 0 saturated heterocycles. The first kappa shape index (κ1) is 18.8. The van der Waals surface area contributed by atoms with Gasteiger partial charge in [-0.05, 0) is 31.4 Å². The lowest BCUT2D eigenvalue weighted by Gasteiger charge is -2.13. The average molecular weight is 416 g/mol. The zero-order valence-electron chi connectivity index (χ0n) is 15.6. The molecule has 7 nitrogen and oxygen atoms in total. The van der Waals surface area contributed by atoms with E-state index in [0.29, 0.717) is 44.6 Å². The smallest absolute Gasteiger partial charge is 0.259 e. The Balaban J connectivity index is 1.67. The largest absolute Gasteiger partial charge is 0.494 e. The number of halogens is 1. The van der Waals surface area contributed by atoms with Crippen LogP contribution in [-0.2, 0) is 0 Å². The number of nitrogens with zero attached hydrogens (tertiary/aromatic N) is 4. The molecule has 3 aromatic heterocycles. The SMILES string of the molecule is COc1cnc(Cl)cc1-c1cc(C)ncc1C(=O)Nc1nnc([C@H]2C[C@H]2C)s1. The molecule has 0 unspecified atom stereocenters. The van der Waals surface area contributed by atoms with E-state index in [4.69, 9.17) is 16.3 Å². The van der Waals surface area contributed by atoms with Crippen LogP contribution in [0.1, 0.15) is 40.3 Å². The van der Waals surface area contributed by atoms with Gasteiger partial charge in [-0.3, -0.25) is 15.1 Å². The van der Waals surface area contributed by atoms with E-state index in [1.807, 2.05) is 13.0 Å². The van der Waals surface area contributed by atoms with Crippen molar-refractivity contribution in [2.45, 2.75) is 26.2 Å². The summed E-state index contributed by atoms with van der Waals surface area (Å²) in [5, 5.41) is 12.9. The molecule has 144 valence electrons. The number of hydrogen-bond acceptors (Lipinski definition) is 7. The fourth-order valence-corrected chi connectivity index (χ4v) is 4.16. The van der Waals surface area contributed by atoms with Crippen molar-refractivity contribution < 1.29 is 9.53 Å². The molecule has 1 saturated carbocycles. The van der Waals surface area contributed by atoms with Crippen LogP contribution in [0.4, 0.5) is 5.13 Å². The number of carbonyl (C=O) groups excluding carboxylic acids is 1. The van der Waals surface area contributed by atoms with Gasteiger partial charge in [0, 0.05) is 28.9 Å². The lowest BCUT2D eigenvalue weighted by Crippen LogP contribution is -2.14. The maximum Gasteiger partial charge on any atom is 0.259 e. The van der Waals surface area contributed by atoms with Crippen LogP contribution in [0.25, 0.3) is 11.1 Å². The highest BCUT2D eigenvalue weighted by Crippen LogP contribution is 2.48. The highest BCUT2D eigenvalue weighted by atomic mass is 35.5. The number of amides is 1. The third-order valence-electron chi connectivity index (χ3n) is 4.72. The van der Waals surface area contributed by atoms with Crippen LogP contribution in [0.3, 0.4) is 0 Å². The van der Waals surface area contributed by atoms with E-state index in [-0.39, 0.29) is 5.91 Å². The molecule has 0 spiro atoms. The van der Waals surface area contributed by atoms with Crippen LogP contribution in [0.15, 0.2) is 24.5 Å². The Labute approximate surface area is 171 Å². The Hall–Kier alpha value is -2.58. The molecule has 9 heteroatoms. The van der Waals surface area contributed by atoms with E-state index < -0.39 is 0 Å². The number of carbonyl (C=O) groups is 1. The van der Waals surface area contributed by atoms with Gasteiger partial charge in [0.05, 0.1) is 18.9 Å². The minimum atomic E-state index is -0.316. The van der Waals surface area contributed by atoms with Crippen LogP contribution in [0, 0.1) is 12.8 Å². The molecule has 0 aliphatic heterocycles. The molecule has 1 amide bonds. The van der Waals surface area contributed by atoms with Crippen molar-refractivity contribution in [3.8, 4) is 16.9 Å². The molecule has 0 bridgehead atoms. The lowest BCUT2D eigenvalue weighted by atomic mass is 10.0. The molecule has 0 aromatic carbocycles. The highest BCUT2D eigenvalue weighted by molar-refractivity contribution is 7.15. The second-order valence-corrected chi connectivity index (χ2v) is 8.19. The standard InChI is InChI=1S/C19H18ClN5O2S/c1-9-4-11(9)18-24-25-19(28-18)23-17(26)14-7-21-10(2)5-12(14)13-6-16(20)22-8-15(13)27-3/h5-9,11H,4H2,1-3H3,(H,23,25,26)/t9-,11+/m1/s1. The first-order valence-corrected chi connectivity index (χ1v) is 9.97. The van der Waals surface area contributed by atoms with Gasteiger partial charge in [-0.25, -0.2) is 4.98 Å². The van der Waals surface area contributed by atoms with E-state index in [9.17, 15) is 4.79 Å². The average Bonchev–Trinajstić information content (AvgIpc) is 3.22. The summed E-state index contributed by atoms with van der Waals surface area (Å²) >= 11 is 7.49. The van der Waals surface area contributed by atoms with Crippen LogP contribution in [0.5, 0.6) is 5.75 Å². The number of pyridine rings is 2. The Kier molecular flexibility index (Phi) is 4.99. The third kappa shape index (κ3) is 3.70. The van der Waals surface area contributed by atoms with Gasteiger partial charge in [-0.2, -0.15) is 0 Å². The number of aryl methyl sites for hydroxylation is 1. The van der Waals surface area contributed by atoms with Gasteiger partial charge in [0.2, 0.25) is 5.13 Å². The fraction of sp³-hybridized carbons (Fsp3) is 0.316. The molecule has 1 fully saturated rings. The van der Waals surface area contributed by atoms with Crippen molar-refractivity contribution in [2.75, 3.05) is 12.4 Å². The van der Waals surface area contributed by atoms with Gasteiger partial charge in [-0.1, -0.05) is 29.9 Å². The van der Waals surface area contributed by atoms with E-state index in [2.05, 4.69) is 32.4 Å². The van der Waals surface area contributed by atoms with Crippen molar-refractivity contribution in [3.63, 3.8) is 0 Å². The zero-order chi connectivity index (χ0) is 19.8. The minimum absolute atomic E-state index is 0.309. The molecule has 3 aromatic rings. The van der Waals surface area contributed by atoms with Crippen molar-refractivity contribution in [2.24, 2.45) is 5.92 Å². The third-order valence-corrected chi connectivity index (χ3v) is 5.89. The Morgan fingerprint density at radius 3 is 2.75 bits per heavy atom. The van der Waals surface area contributed by atoms with Gasteiger partial charge >= 0.3 is 0 Å². The molecule has 3 heterocycles. The highest BCUT2D eigenvalue weighted by Gasteiger charge is 2.37. The molecule has 1 N–H and O–H groups in total. The molecular weight excluding hydrogens is 398 g/mol. The number of aromatic nitrogens is 4. The molecular formula is C19H18ClN5O2S. The van der Waals surface area contributed by atoms with Crippen LogP contribution < -0.4 is 10.1 Å². The summed E-state index contributed by atoms with van der Waals surface area (Å²) in [4.78, 5) is 21.3. The summed E-state index contributed by atoms with van der Waals surface area (Å²) in [6.45, 7) is 4.04. The molecule has 2 atom stereocenters. The molecule has 28 heavy (non-hydrogen) atoms. The van der Waals surface area contributed by atoms with Crippen LogP contribution >= 0.6 is 22.9 Å². The zero-order valence-corrected chi connectivity index (χ0v) is 17.1. The number of ether oxygens (including phenoxy) is 1. The summed E-state index contributed by atoms with van der Waals surface area (Å²) in [6, 6.07) is 3.49. The van der Waals surface area contributed by atoms with E-state index in [1.54, 1.807) is 19.4 Å². The number of nitrogens with one attached hydrogen (secondary N) is 1. The quantitative estimate of drug-likeness (QED) is 0.623. The minimum Gasteiger partial charge on any atom is -0.494 e. The number of anilines is 1. The Morgan fingerprint density at radius 1 is 1.25 bits per heavy atom. The molecule has 1 aliphatic carbocycles. The van der Waals surface area contributed by atoms with Gasteiger partial charge in [0.1, 0.15) is 15.9 Å².